The standard InChI is InChI=1S/C16H17N/c1-16(10-5-13-17)11-8-15(9-12-16)14-6-3-2-4-7-14/h2-4,6-9,11H,5,10,12H2,1H3. The highest BCUT2D eigenvalue weighted by Gasteiger charge is 2.22. The zero-order valence-electron chi connectivity index (χ0n) is 10.2. The second kappa shape index (κ2) is 5.01. The molecular weight excluding hydrogens is 206 g/mol. The van der Waals surface area contributed by atoms with Gasteiger partial charge in [0.1, 0.15) is 0 Å². The van der Waals surface area contributed by atoms with Gasteiger partial charge in [-0.15, -0.1) is 0 Å². The first kappa shape index (κ1) is 11.7. The molecule has 0 amide bonds. The summed E-state index contributed by atoms with van der Waals surface area (Å²) in [7, 11) is 0. The van der Waals surface area contributed by atoms with Crippen LogP contribution < -0.4 is 0 Å². The summed E-state index contributed by atoms with van der Waals surface area (Å²) < 4.78 is 0. The van der Waals surface area contributed by atoms with Gasteiger partial charge in [-0.05, 0) is 29.4 Å². The normalized spacial score (nSPS) is 22.9. The Kier molecular flexibility index (Phi) is 3.44. The maximum Gasteiger partial charge on any atom is 0.0622 e. The van der Waals surface area contributed by atoms with Crippen LogP contribution in [0.4, 0.5) is 0 Å². The maximum atomic E-state index is 8.65. The topological polar surface area (TPSA) is 23.8 Å². The molecule has 17 heavy (non-hydrogen) atoms. The van der Waals surface area contributed by atoms with E-state index in [0.29, 0.717) is 6.42 Å². The van der Waals surface area contributed by atoms with E-state index in [9.17, 15) is 0 Å². The van der Waals surface area contributed by atoms with Crippen molar-refractivity contribution in [3.05, 3.63) is 54.1 Å². The predicted molar refractivity (Wildman–Crippen MR) is 71.1 cm³/mol. The number of rotatable bonds is 3. The molecule has 1 nitrogen and oxygen atoms in total. The van der Waals surface area contributed by atoms with Gasteiger partial charge in [-0.3, -0.25) is 0 Å². The Morgan fingerprint density at radius 3 is 2.65 bits per heavy atom. The Bertz CT molecular complexity index is 476. The first-order valence-corrected chi connectivity index (χ1v) is 6.05. The summed E-state index contributed by atoms with van der Waals surface area (Å²) in [5.74, 6) is 0. The molecule has 0 spiro atoms. The number of nitriles is 1. The van der Waals surface area contributed by atoms with E-state index in [2.05, 4.69) is 55.5 Å². The van der Waals surface area contributed by atoms with Crippen LogP contribution in [0.2, 0.25) is 0 Å². The largest absolute Gasteiger partial charge is 0.198 e. The van der Waals surface area contributed by atoms with E-state index < -0.39 is 0 Å². The fourth-order valence-corrected chi connectivity index (χ4v) is 2.14. The van der Waals surface area contributed by atoms with Crippen molar-refractivity contribution < 1.29 is 0 Å². The Morgan fingerprint density at radius 1 is 1.29 bits per heavy atom. The molecular formula is C16H17N. The summed E-state index contributed by atoms with van der Waals surface area (Å²) in [5.41, 5.74) is 2.72. The van der Waals surface area contributed by atoms with E-state index >= 15 is 0 Å². The molecule has 0 radical (unpaired) electrons. The van der Waals surface area contributed by atoms with E-state index in [1.54, 1.807) is 0 Å². The van der Waals surface area contributed by atoms with Gasteiger partial charge in [0.05, 0.1) is 6.07 Å². The zero-order valence-corrected chi connectivity index (χ0v) is 10.2. The van der Waals surface area contributed by atoms with Gasteiger partial charge in [-0.2, -0.15) is 5.26 Å². The summed E-state index contributed by atoms with van der Waals surface area (Å²) in [4.78, 5) is 0. The van der Waals surface area contributed by atoms with Crippen LogP contribution in [0.5, 0.6) is 0 Å². The molecule has 1 heteroatoms. The average Bonchev–Trinajstić information content (AvgIpc) is 2.38. The monoisotopic (exact) mass is 223 g/mol. The van der Waals surface area contributed by atoms with Crippen molar-refractivity contribution >= 4 is 5.57 Å². The van der Waals surface area contributed by atoms with Gasteiger partial charge in [0.15, 0.2) is 0 Å². The van der Waals surface area contributed by atoms with Crippen molar-refractivity contribution in [3.63, 3.8) is 0 Å². The fraction of sp³-hybridized carbons (Fsp3) is 0.312. The first-order valence-electron chi connectivity index (χ1n) is 6.05. The molecule has 0 saturated carbocycles. The molecule has 2 rings (SSSR count). The first-order chi connectivity index (χ1) is 8.23. The van der Waals surface area contributed by atoms with Gasteiger partial charge in [0, 0.05) is 6.42 Å². The molecule has 0 aliphatic heterocycles. The van der Waals surface area contributed by atoms with Crippen molar-refractivity contribution in [2.75, 3.05) is 0 Å². The molecule has 1 aromatic rings. The lowest BCUT2D eigenvalue weighted by Crippen LogP contribution is -2.14. The SMILES string of the molecule is CC1(CCC#N)C=CC(c2ccccc2)=CC1. The van der Waals surface area contributed by atoms with E-state index in [1.807, 2.05) is 6.07 Å². The smallest absolute Gasteiger partial charge is 0.0622 e. The molecule has 0 bridgehead atoms. The van der Waals surface area contributed by atoms with Crippen LogP contribution in [0, 0.1) is 16.7 Å². The Balaban J connectivity index is 2.09. The molecule has 0 saturated heterocycles. The van der Waals surface area contributed by atoms with E-state index in [0.717, 1.165) is 12.8 Å². The summed E-state index contributed by atoms with van der Waals surface area (Å²) in [5, 5.41) is 8.65. The lowest BCUT2D eigenvalue weighted by Gasteiger charge is -2.27. The van der Waals surface area contributed by atoms with Crippen LogP contribution in [0.25, 0.3) is 5.57 Å². The molecule has 86 valence electrons. The van der Waals surface area contributed by atoms with Gasteiger partial charge in [-0.25, -0.2) is 0 Å². The predicted octanol–water partition coefficient (Wildman–Crippen LogP) is 4.34. The molecule has 0 N–H and O–H groups in total. The lowest BCUT2D eigenvalue weighted by atomic mass is 9.77. The molecule has 1 atom stereocenters. The third kappa shape index (κ3) is 2.85. The number of hydrogen-bond acceptors (Lipinski definition) is 1. The van der Waals surface area contributed by atoms with E-state index in [1.165, 1.54) is 11.1 Å². The van der Waals surface area contributed by atoms with Gasteiger partial charge >= 0.3 is 0 Å². The number of hydrogen-bond donors (Lipinski definition) is 0. The molecule has 0 aromatic heterocycles. The van der Waals surface area contributed by atoms with Crippen LogP contribution in [0.3, 0.4) is 0 Å². The van der Waals surface area contributed by atoms with Gasteiger partial charge in [-0.1, -0.05) is 55.5 Å². The minimum Gasteiger partial charge on any atom is -0.198 e. The summed E-state index contributed by atoms with van der Waals surface area (Å²) >= 11 is 0. The number of nitrogens with zero attached hydrogens (tertiary/aromatic N) is 1. The highest BCUT2D eigenvalue weighted by Crippen LogP contribution is 2.36. The number of allylic oxidation sites excluding steroid dienone is 4. The zero-order chi connectivity index (χ0) is 12.1. The van der Waals surface area contributed by atoms with Crippen LogP contribution >= 0.6 is 0 Å². The molecule has 0 heterocycles. The third-order valence-corrected chi connectivity index (χ3v) is 3.37. The molecule has 1 aliphatic rings. The Labute approximate surface area is 103 Å². The molecule has 1 unspecified atom stereocenters. The van der Waals surface area contributed by atoms with Crippen molar-refractivity contribution in [1.82, 2.24) is 0 Å². The molecule has 1 aromatic carbocycles. The Hall–Kier alpha value is -1.81. The van der Waals surface area contributed by atoms with Crippen molar-refractivity contribution in [2.24, 2.45) is 5.41 Å². The van der Waals surface area contributed by atoms with Crippen molar-refractivity contribution in [2.45, 2.75) is 26.2 Å². The van der Waals surface area contributed by atoms with Crippen molar-refractivity contribution in [1.29, 1.82) is 5.26 Å². The summed E-state index contributed by atoms with van der Waals surface area (Å²) in [6.07, 6.45) is 9.33. The summed E-state index contributed by atoms with van der Waals surface area (Å²) in [6.45, 7) is 2.22. The number of benzene rings is 1. The molecule has 1 aliphatic carbocycles. The average molecular weight is 223 g/mol. The van der Waals surface area contributed by atoms with Crippen LogP contribution in [0.15, 0.2) is 48.6 Å². The van der Waals surface area contributed by atoms with Gasteiger partial charge < -0.3 is 0 Å². The van der Waals surface area contributed by atoms with Gasteiger partial charge in [0.2, 0.25) is 0 Å². The van der Waals surface area contributed by atoms with Crippen LogP contribution in [-0.4, -0.2) is 0 Å². The Morgan fingerprint density at radius 2 is 2.06 bits per heavy atom. The van der Waals surface area contributed by atoms with Crippen LogP contribution in [0.1, 0.15) is 31.7 Å². The second-order valence-electron chi connectivity index (χ2n) is 4.88. The molecule has 0 fully saturated rings. The lowest BCUT2D eigenvalue weighted by molar-refractivity contribution is 0.400. The van der Waals surface area contributed by atoms with Gasteiger partial charge in [0.25, 0.3) is 0 Å². The van der Waals surface area contributed by atoms with Crippen LogP contribution in [-0.2, 0) is 0 Å². The summed E-state index contributed by atoms with van der Waals surface area (Å²) in [6, 6.07) is 12.7. The highest BCUT2D eigenvalue weighted by atomic mass is 14.3. The minimum atomic E-state index is 0.161. The fourth-order valence-electron chi connectivity index (χ4n) is 2.14. The second-order valence-corrected chi connectivity index (χ2v) is 4.88. The maximum absolute atomic E-state index is 8.65. The minimum absolute atomic E-state index is 0.161. The van der Waals surface area contributed by atoms with E-state index in [4.69, 9.17) is 5.26 Å². The third-order valence-electron chi connectivity index (χ3n) is 3.37. The van der Waals surface area contributed by atoms with Crippen molar-refractivity contribution in [3.8, 4) is 6.07 Å². The quantitative estimate of drug-likeness (QED) is 0.747. The van der Waals surface area contributed by atoms with E-state index in [-0.39, 0.29) is 5.41 Å². The highest BCUT2D eigenvalue weighted by molar-refractivity contribution is 5.75.